The molecule has 2 aromatic rings. The third kappa shape index (κ3) is 3.58. The normalized spacial score (nSPS) is 18.7. The maximum absolute atomic E-state index is 12.1. The molecule has 0 unspecified atom stereocenters. The lowest BCUT2D eigenvalue weighted by Crippen LogP contribution is -2.39. The summed E-state index contributed by atoms with van der Waals surface area (Å²) >= 11 is 1.60. The fraction of sp³-hybridized carbons (Fsp3) is 0.647. The molecule has 1 saturated heterocycles. The summed E-state index contributed by atoms with van der Waals surface area (Å²) in [5.41, 5.74) is 0. The van der Waals surface area contributed by atoms with Gasteiger partial charge in [-0.1, -0.05) is 0 Å². The zero-order chi connectivity index (χ0) is 17.2. The van der Waals surface area contributed by atoms with Crippen LogP contribution < -0.4 is 0 Å². The Morgan fingerprint density at radius 3 is 2.68 bits per heavy atom. The molecule has 1 aliphatic carbocycles. The van der Waals surface area contributed by atoms with Crippen LogP contribution in [0.1, 0.15) is 49.3 Å². The second kappa shape index (κ2) is 7.19. The lowest BCUT2D eigenvalue weighted by atomic mass is 9.96. The van der Waals surface area contributed by atoms with Crippen molar-refractivity contribution in [3.05, 3.63) is 30.4 Å². The Kier molecular flexibility index (Phi) is 4.78. The zero-order valence-corrected chi connectivity index (χ0v) is 15.4. The number of thioether (sulfide) groups is 1. The van der Waals surface area contributed by atoms with Gasteiger partial charge < -0.3 is 14.0 Å². The van der Waals surface area contributed by atoms with E-state index in [-0.39, 0.29) is 5.91 Å². The van der Waals surface area contributed by atoms with Crippen LogP contribution in [0.2, 0.25) is 0 Å². The highest BCUT2D eigenvalue weighted by atomic mass is 32.2. The molecule has 1 amide bonds. The summed E-state index contributed by atoms with van der Waals surface area (Å²) in [6.07, 6.45) is 11.9. The van der Waals surface area contributed by atoms with Crippen LogP contribution in [-0.4, -0.2) is 60.2 Å². The van der Waals surface area contributed by atoms with E-state index in [9.17, 15) is 4.79 Å². The highest BCUT2D eigenvalue weighted by molar-refractivity contribution is 7.99. The first-order valence-electron chi connectivity index (χ1n) is 8.92. The van der Waals surface area contributed by atoms with Crippen LogP contribution in [0.3, 0.4) is 0 Å². The van der Waals surface area contributed by atoms with E-state index in [2.05, 4.69) is 19.7 Å². The Morgan fingerprint density at radius 2 is 2.04 bits per heavy atom. The Balaban J connectivity index is 1.48. The lowest BCUT2D eigenvalue weighted by molar-refractivity contribution is -0.129. The Bertz CT molecular complexity index is 716. The van der Waals surface area contributed by atoms with Crippen molar-refractivity contribution >= 4 is 17.7 Å². The predicted molar refractivity (Wildman–Crippen MR) is 96.6 cm³/mol. The molecule has 0 spiro atoms. The number of likely N-dealkylation sites (tertiary alicyclic amines) is 1. The number of hydrogen-bond acceptors (Lipinski definition) is 5. The number of hydrogen-bond donors (Lipinski definition) is 0. The van der Waals surface area contributed by atoms with Crippen molar-refractivity contribution in [3.63, 3.8) is 0 Å². The van der Waals surface area contributed by atoms with Crippen LogP contribution in [0.5, 0.6) is 0 Å². The molecule has 2 aromatic heterocycles. The van der Waals surface area contributed by atoms with Gasteiger partial charge >= 0.3 is 0 Å². The van der Waals surface area contributed by atoms with Crippen LogP contribution in [0.4, 0.5) is 0 Å². The van der Waals surface area contributed by atoms with Crippen molar-refractivity contribution < 1.29 is 4.79 Å². The van der Waals surface area contributed by atoms with E-state index in [0.717, 1.165) is 37.6 Å². The molecule has 4 rings (SSSR count). The summed E-state index contributed by atoms with van der Waals surface area (Å²) < 4.78 is 4.40. The van der Waals surface area contributed by atoms with Crippen molar-refractivity contribution in [2.24, 2.45) is 0 Å². The Labute approximate surface area is 151 Å². The molecule has 0 bridgehead atoms. The summed E-state index contributed by atoms with van der Waals surface area (Å²) in [6, 6.07) is 0.555. The molecule has 134 valence electrons. The first kappa shape index (κ1) is 16.6. The SMILES string of the molecule is CSCC(=O)N1CCC(c2nnc(Cn3ccnc3)n2C2CC2)CC1. The van der Waals surface area contributed by atoms with Gasteiger partial charge in [0, 0.05) is 37.4 Å². The molecule has 2 fully saturated rings. The average Bonchev–Trinajstić information content (AvgIpc) is 3.17. The molecule has 2 aliphatic rings. The Hall–Kier alpha value is -1.83. The topological polar surface area (TPSA) is 68.8 Å². The van der Waals surface area contributed by atoms with Crippen molar-refractivity contribution in [3.8, 4) is 0 Å². The first-order valence-corrected chi connectivity index (χ1v) is 10.3. The number of amides is 1. The largest absolute Gasteiger partial charge is 0.342 e. The van der Waals surface area contributed by atoms with Gasteiger partial charge in [-0.3, -0.25) is 4.79 Å². The molecule has 8 heteroatoms. The van der Waals surface area contributed by atoms with Crippen LogP contribution in [0.25, 0.3) is 0 Å². The van der Waals surface area contributed by atoms with E-state index in [1.165, 1.54) is 12.8 Å². The fourth-order valence-corrected chi connectivity index (χ4v) is 4.03. The summed E-state index contributed by atoms with van der Waals surface area (Å²) in [5, 5.41) is 9.05. The maximum atomic E-state index is 12.1. The van der Waals surface area contributed by atoms with E-state index in [1.807, 2.05) is 28.2 Å². The van der Waals surface area contributed by atoms with Crippen LogP contribution in [0.15, 0.2) is 18.7 Å². The quantitative estimate of drug-likeness (QED) is 0.787. The van der Waals surface area contributed by atoms with Gasteiger partial charge in [-0.15, -0.1) is 10.2 Å². The summed E-state index contributed by atoms with van der Waals surface area (Å²) in [7, 11) is 0. The second-order valence-electron chi connectivity index (χ2n) is 6.90. The second-order valence-corrected chi connectivity index (χ2v) is 7.76. The molecule has 0 N–H and O–H groups in total. The van der Waals surface area contributed by atoms with Crippen molar-refractivity contribution in [2.75, 3.05) is 25.1 Å². The smallest absolute Gasteiger partial charge is 0.232 e. The van der Waals surface area contributed by atoms with E-state index in [0.29, 0.717) is 24.3 Å². The van der Waals surface area contributed by atoms with Gasteiger partial charge in [0.05, 0.1) is 18.6 Å². The van der Waals surface area contributed by atoms with E-state index in [1.54, 1.807) is 18.0 Å². The predicted octanol–water partition coefficient (Wildman–Crippen LogP) is 1.93. The number of rotatable bonds is 6. The summed E-state index contributed by atoms with van der Waals surface area (Å²) in [6.45, 7) is 2.38. The van der Waals surface area contributed by atoms with Crippen molar-refractivity contribution in [2.45, 2.75) is 44.2 Å². The van der Waals surface area contributed by atoms with E-state index < -0.39 is 0 Å². The third-order valence-corrected chi connectivity index (χ3v) is 5.60. The molecule has 0 aromatic carbocycles. The minimum atomic E-state index is 0.260. The monoisotopic (exact) mass is 360 g/mol. The van der Waals surface area contributed by atoms with Crippen LogP contribution in [-0.2, 0) is 11.3 Å². The summed E-state index contributed by atoms with van der Waals surface area (Å²) in [4.78, 5) is 18.2. The molecule has 1 saturated carbocycles. The molecule has 25 heavy (non-hydrogen) atoms. The van der Waals surface area contributed by atoms with Crippen LogP contribution in [0, 0.1) is 0 Å². The van der Waals surface area contributed by atoms with Gasteiger partial charge in [-0.2, -0.15) is 11.8 Å². The van der Waals surface area contributed by atoms with Crippen molar-refractivity contribution in [1.29, 1.82) is 0 Å². The van der Waals surface area contributed by atoms with Gasteiger partial charge in [-0.25, -0.2) is 4.98 Å². The minimum Gasteiger partial charge on any atom is -0.342 e. The Morgan fingerprint density at radius 1 is 1.24 bits per heavy atom. The lowest BCUT2D eigenvalue weighted by Gasteiger charge is -2.31. The highest BCUT2D eigenvalue weighted by Crippen LogP contribution is 2.40. The number of aromatic nitrogens is 5. The zero-order valence-electron chi connectivity index (χ0n) is 14.5. The maximum Gasteiger partial charge on any atom is 0.232 e. The van der Waals surface area contributed by atoms with Gasteiger partial charge in [0.2, 0.25) is 5.91 Å². The molecular weight excluding hydrogens is 336 g/mol. The first-order chi connectivity index (χ1) is 12.3. The fourth-order valence-electron chi connectivity index (χ4n) is 3.60. The molecule has 1 aliphatic heterocycles. The number of imidazole rings is 1. The number of piperidine rings is 1. The average molecular weight is 360 g/mol. The molecule has 7 nitrogen and oxygen atoms in total. The highest BCUT2D eigenvalue weighted by Gasteiger charge is 2.34. The standard InChI is InChI=1S/C17H24N6OS/c1-25-11-16(24)22-7-4-13(5-8-22)17-20-19-15(23(17)14-2-3-14)10-21-9-6-18-12-21/h6,9,12-14H,2-5,7-8,10-11H2,1H3. The van der Waals surface area contributed by atoms with Gasteiger partial charge in [-0.05, 0) is 31.9 Å². The number of carbonyl (C=O) groups excluding carboxylic acids is 1. The molecular formula is C17H24N6OS. The van der Waals surface area contributed by atoms with Crippen LogP contribution >= 0.6 is 11.8 Å². The van der Waals surface area contributed by atoms with Crippen molar-refractivity contribution in [1.82, 2.24) is 29.2 Å². The molecule has 0 atom stereocenters. The number of nitrogens with zero attached hydrogens (tertiary/aromatic N) is 6. The van der Waals surface area contributed by atoms with E-state index >= 15 is 0 Å². The van der Waals surface area contributed by atoms with Gasteiger partial charge in [0.25, 0.3) is 0 Å². The van der Waals surface area contributed by atoms with E-state index in [4.69, 9.17) is 0 Å². The summed E-state index contributed by atoms with van der Waals surface area (Å²) in [5.74, 6) is 3.39. The van der Waals surface area contributed by atoms with Gasteiger partial charge in [0.15, 0.2) is 5.82 Å². The minimum absolute atomic E-state index is 0.260. The number of carbonyl (C=O) groups is 1. The van der Waals surface area contributed by atoms with Gasteiger partial charge in [0.1, 0.15) is 5.82 Å². The third-order valence-electron chi connectivity index (χ3n) is 5.07. The molecule has 3 heterocycles. The molecule has 0 radical (unpaired) electrons.